The van der Waals surface area contributed by atoms with Crippen LogP contribution in [0, 0.1) is 0 Å². The van der Waals surface area contributed by atoms with E-state index in [2.05, 4.69) is 15.5 Å². The monoisotopic (exact) mass is 428 g/mol. The number of hydrogen-bond acceptors (Lipinski definition) is 7. The van der Waals surface area contributed by atoms with Crippen LogP contribution >= 0.6 is 12.4 Å². The smallest absolute Gasteiger partial charge is 0.250 e. The molecule has 2 heterocycles. The van der Waals surface area contributed by atoms with Crippen LogP contribution in [0.25, 0.3) is 12.2 Å². The van der Waals surface area contributed by atoms with Gasteiger partial charge in [0.05, 0.1) is 18.1 Å². The molecule has 8 nitrogen and oxygen atoms in total. The minimum atomic E-state index is -3.47. The Bertz CT molecular complexity index is 877. The first-order chi connectivity index (χ1) is 13.0. The van der Waals surface area contributed by atoms with Crippen LogP contribution < -0.4 is 5.32 Å². The van der Waals surface area contributed by atoms with Crippen LogP contribution in [0.4, 0.5) is 0 Å². The summed E-state index contributed by atoms with van der Waals surface area (Å²) in [7, 11) is -1.59. The van der Waals surface area contributed by atoms with E-state index in [4.69, 9.17) is 9.26 Å². The van der Waals surface area contributed by atoms with E-state index in [1.54, 1.807) is 30.3 Å². The van der Waals surface area contributed by atoms with Crippen LogP contribution in [0.2, 0.25) is 0 Å². The first-order valence-corrected chi connectivity index (χ1v) is 10.3. The summed E-state index contributed by atoms with van der Waals surface area (Å²) < 4.78 is 37.1. The van der Waals surface area contributed by atoms with Gasteiger partial charge in [0.1, 0.15) is 0 Å². The number of likely N-dealkylation sites (N-methyl/N-ethyl adjacent to an activating group) is 1. The van der Waals surface area contributed by atoms with Crippen molar-refractivity contribution >= 4 is 34.6 Å². The number of halogens is 1. The minimum absolute atomic E-state index is 0. The third-order valence-corrected chi connectivity index (χ3v) is 6.28. The van der Waals surface area contributed by atoms with Gasteiger partial charge in [-0.15, -0.1) is 12.4 Å². The molecule has 10 heteroatoms. The predicted molar refractivity (Wildman–Crippen MR) is 109 cm³/mol. The molecule has 0 spiro atoms. The maximum atomic E-state index is 12.6. The molecule has 1 aromatic carbocycles. The lowest BCUT2D eigenvalue weighted by Gasteiger charge is -2.26. The maximum absolute atomic E-state index is 12.6. The molecule has 0 amide bonds. The van der Waals surface area contributed by atoms with Crippen LogP contribution in [-0.2, 0) is 21.2 Å². The number of morpholine rings is 1. The van der Waals surface area contributed by atoms with Gasteiger partial charge in [0.25, 0.3) is 5.89 Å². The van der Waals surface area contributed by atoms with Crippen LogP contribution in [0.1, 0.15) is 24.2 Å². The lowest BCUT2D eigenvalue weighted by Crippen LogP contribution is -2.40. The topological polar surface area (TPSA) is 97.6 Å². The van der Waals surface area contributed by atoms with Crippen LogP contribution in [0.15, 0.2) is 33.7 Å². The molecule has 1 atom stereocenters. The first-order valence-electron chi connectivity index (χ1n) is 8.85. The highest BCUT2D eigenvalue weighted by molar-refractivity contribution is 7.89. The molecule has 2 aromatic rings. The molecule has 1 N–H and O–H groups in total. The second-order valence-corrected chi connectivity index (χ2v) is 8.30. The number of rotatable bonds is 7. The van der Waals surface area contributed by atoms with E-state index in [1.165, 1.54) is 4.31 Å². The summed E-state index contributed by atoms with van der Waals surface area (Å²) in [6, 6.07) is 6.99. The molecule has 1 aliphatic heterocycles. The van der Waals surface area contributed by atoms with Gasteiger partial charge < -0.3 is 14.6 Å². The van der Waals surface area contributed by atoms with Gasteiger partial charge in [-0.2, -0.15) is 9.29 Å². The number of nitrogens with zero attached hydrogens (tertiary/aromatic N) is 3. The highest BCUT2D eigenvalue weighted by Crippen LogP contribution is 2.18. The van der Waals surface area contributed by atoms with E-state index in [0.29, 0.717) is 44.4 Å². The van der Waals surface area contributed by atoms with E-state index < -0.39 is 10.0 Å². The summed E-state index contributed by atoms with van der Waals surface area (Å²) in [5.41, 5.74) is 0.847. The molecular weight excluding hydrogens is 404 g/mol. The molecule has 1 saturated heterocycles. The van der Waals surface area contributed by atoms with Crippen molar-refractivity contribution in [2.24, 2.45) is 0 Å². The van der Waals surface area contributed by atoms with Crippen molar-refractivity contribution in [2.45, 2.75) is 24.3 Å². The van der Waals surface area contributed by atoms with Gasteiger partial charge >= 0.3 is 0 Å². The standard InChI is InChI=1S/C18H24N4O4S.ClH/c1-14(19-2)13-17-20-18(26-21-17)8-5-15-3-6-16(7-4-15)27(23,24)22-9-11-25-12-10-22;/h3-8,14,19H,9-13H2,1-2H3;1H/b8-5+;. The van der Waals surface area contributed by atoms with Crippen molar-refractivity contribution < 1.29 is 17.7 Å². The SMILES string of the molecule is CNC(C)Cc1noc(/C=C/c2ccc(S(=O)(=O)N3CCOCC3)cc2)n1.Cl. The zero-order valence-electron chi connectivity index (χ0n) is 15.9. The summed E-state index contributed by atoms with van der Waals surface area (Å²) in [5, 5.41) is 7.06. The number of benzene rings is 1. The third kappa shape index (κ3) is 5.62. The van der Waals surface area contributed by atoms with Crippen molar-refractivity contribution in [3.8, 4) is 0 Å². The average molecular weight is 429 g/mol. The number of ether oxygens (including phenoxy) is 1. The number of hydrogen-bond donors (Lipinski definition) is 1. The maximum Gasteiger partial charge on any atom is 0.250 e. The van der Waals surface area contributed by atoms with Crippen molar-refractivity contribution in [3.63, 3.8) is 0 Å². The van der Waals surface area contributed by atoms with Crippen molar-refractivity contribution in [1.82, 2.24) is 19.8 Å². The highest BCUT2D eigenvalue weighted by Gasteiger charge is 2.25. The fourth-order valence-corrected chi connectivity index (χ4v) is 4.06. The Kier molecular flexibility index (Phi) is 8.14. The fraction of sp³-hybridized carbons (Fsp3) is 0.444. The molecule has 0 aliphatic carbocycles. The minimum Gasteiger partial charge on any atom is -0.379 e. The number of nitrogens with one attached hydrogen (secondary N) is 1. The van der Waals surface area contributed by atoms with E-state index in [0.717, 1.165) is 5.56 Å². The molecule has 0 bridgehead atoms. The van der Waals surface area contributed by atoms with Crippen molar-refractivity contribution in [2.75, 3.05) is 33.4 Å². The molecular formula is C18H25ClN4O4S. The van der Waals surface area contributed by atoms with Crippen LogP contribution in [-0.4, -0.2) is 62.3 Å². The molecule has 1 aliphatic rings. The number of sulfonamides is 1. The van der Waals surface area contributed by atoms with E-state index in [1.807, 2.05) is 20.0 Å². The average Bonchev–Trinajstić information content (AvgIpc) is 3.14. The number of aromatic nitrogens is 2. The largest absolute Gasteiger partial charge is 0.379 e. The van der Waals surface area contributed by atoms with Crippen molar-refractivity contribution in [3.05, 3.63) is 41.5 Å². The van der Waals surface area contributed by atoms with E-state index in [-0.39, 0.29) is 23.3 Å². The Labute approximate surface area is 171 Å². The Morgan fingerprint density at radius 1 is 1.21 bits per heavy atom. The highest BCUT2D eigenvalue weighted by atomic mass is 35.5. The van der Waals surface area contributed by atoms with Gasteiger partial charge in [-0.1, -0.05) is 17.3 Å². The Hall–Kier alpha value is -1.78. The van der Waals surface area contributed by atoms with Gasteiger partial charge in [0.15, 0.2) is 5.82 Å². The molecule has 154 valence electrons. The Morgan fingerprint density at radius 2 is 1.89 bits per heavy atom. The zero-order chi connectivity index (χ0) is 19.3. The normalized spacial score (nSPS) is 16.8. The summed E-state index contributed by atoms with van der Waals surface area (Å²) in [6.45, 7) is 3.67. The second-order valence-electron chi connectivity index (χ2n) is 6.36. The van der Waals surface area contributed by atoms with Crippen LogP contribution in [0.3, 0.4) is 0 Å². The lowest BCUT2D eigenvalue weighted by molar-refractivity contribution is 0.0730. The molecule has 0 saturated carbocycles. The summed E-state index contributed by atoms with van der Waals surface area (Å²) >= 11 is 0. The van der Waals surface area contributed by atoms with Crippen LogP contribution in [0.5, 0.6) is 0 Å². The summed E-state index contributed by atoms with van der Waals surface area (Å²) in [4.78, 5) is 4.59. The zero-order valence-corrected chi connectivity index (χ0v) is 17.5. The van der Waals surface area contributed by atoms with E-state index >= 15 is 0 Å². The third-order valence-electron chi connectivity index (χ3n) is 4.37. The van der Waals surface area contributed by atoms with Crippen molar-refractivity contribution in [1.29, 1.82) is 0 Å². The quantitative estimate of drug-likeness (QED) is 0.718. The molecule has 28 heavy (non-hydrogen) atoms. The molecule has 1 unspecified atom stereocenters. The Morgan fingerprint density at radius 3 is 2.54 bits per heavy atom. The van der Waals surface area contributed by atoms with Gasteiger partial charge in [0, 0.05) is 31.6 Å². The van der Waals surface area contributed by atoms with Gasteiger partial charge in [-0.05, 0) is 37.7 Å². The summed E-state index contributed by atoms with van der Waals surface area (Å²) in [5.74, 6) is 1.06. The summed E-state index contributed by atoms with van der Waals surface area (Å²) in [6.07, 6.45) is 4.21. The van der Waals surface area contributed by atoms with E-state index in [9.17, 15) is 8.42 Å². The second kappa shape index (κ2) is 10.1. The predicted octanol–water partition coefficient (Wildman–Crippen LogP) is 1.83. The first kappa shape index (κ1) is 22.5. The van der Waals surface area contributed by atoms with Gasteiger partial charge in [-0.3, -0.25) is 0 Å². The molecule has 1 fully saturated rings. The molecule has 3 rings (SSSR count). The van der Waals surface area contributed by atoms with Gasteiger partial charge in [0.2, 0.25) is 10.0 Å². The fourth-order valence-electron chi connectivity index (χ4n) is 2.65. The molecule has 0 radical (unpaired) electrons. The van der Waals surface area contributed by atoms with Gasteiger partial charge in [-0.25, -0.2) is 8.42 Å². The lowest BCUT2D eigenvalue weighted by atomic mass is 10.2. The molecule has 1 aromatic heterocycles. The Balaban J connectivity index is 0.00000280.